The molecule has 1 saturated heterocycles. The van der Waals surface area contributed by atoms with E-state index >= 15 is 0 Å². The molecule has 9 heteroatoms. The molecule has 1 amide bonds. The number of carbonyl (C=O) groups is 1. The average Bonchev–Trinajstić information content (AvgIpc) is 2.87. The topological polar surface area (TPSA) is 96.1 Å². The molecule has 1 aromatic heterocycles. The van der Waals surface area contributed by atoms with Crippen LogP contribution in [0.2, 0.25) is 0 Å². The van der Waals surface area contributed by atoms with Crippen LogP contribution in [0.15, 0.2) is 35.9 Å². The van der Waals surface area contributed by atoms with E-state index in [-0.39, 0.29) is 5.69 Å². The number of pyridine rings is 1. The van der Waals surface area contributed by atoms with Gasteiger partial charge in [0.15, 0.2) is 0 Å². The van der Waals surface area contributed by atoms with Gasteiger partial charge in [0.25, 0.3) is 0 Å². The fraction of sp³-hybridized carbons (Fsp3) is 0.385. The summed E-state index contributed by atoms with van der Waals surface area (Å²) in [5, 5.41) is 22.8. The molecule has 0 spiro atoms. The van der Waals surface area contributed by atoms with Crippen molar-refractivity contribution >= 4 is 29.2 Å². The first-order valence-corrected chi connectivity index (χ1v) is 12.4. The number of hydrogen-bond acceptors (Lipinski definition) is 7. The summed E-state index contributed by atoms with van der Waals surface area (Å²) in [6, 6.07) is 9.59. The van der Waals surface area contributed by atoms with E-state index in [0.717, 1.165) is 32.0 Å². The lowest BCUT2D eigenvalue weighted by molar-refractivity contribution is -0.111. The smallest absolute Gasteiger partial charge is 0.247 e. The van der Waals surface area contributed by atoms with Crippen LogP contribution in [0, 0.1) is 28.5 Å². The molecule has 0 unspecified atom stereocenters. The summed E-state index contributed by atoms with van der Waals surface area (Å²) in [6.45, 7) is 6.86. The first-order chi connectivity index (χ1) is 16.8. The minimum atomic E-state index is -0.551. The zero-order valence-corrected chi connectivity index (χ0v) is 21.1. The van der Waals surface area contributed by atoms with Gasteiger partial charge in [-0.1, -0.05) is 19.6 Å². The number of amides is 1. The van der Waals surface area contributed by atoms with Crippen LogP contribution in [0.3, 0.4) is 0 Å². The van der Waals surface area contributed by atoms with E-state index in [1.807, 2.05) is 6.92 Å². The fourth-order valence-electron chi connectivity index (χ4n) is 4.20. The SMILES string of the molecule is C=CC(=O)Nc1ccc(CSc2nc(N3CCC(N(C)C)CC3)c(C#N)c(CC)c2C#N)cc1F. The van der Waals surface area contributed by atoms with Gasteiger partial charge in [0, 0.05) is 24.9 Å². The quantitative estimate of drug-likeness (QED) is 0.429. The number of piperidine rings is 1. The molecule has 0 saturated carbocycles. The Hall–Kier alpha value is -3.40. The van der Waals surface area contributed by atoms with Gasteiger partial charge < -0.3 is 15.1 Å². The summed E-state index contributed by atoms with van der Waals surface area (Å²) < 4.78 is 14.5. The van der Waals surface area contributed by atoms with Crippen LogP contribution in [0.5, 0.6) is 0 Å². The van der Waals surface area contributed by atoms with Crippen molar-refractivity contribution in [3.8, 4) is 12.1 Å². The van der Waals surface area contributed by atoms with Gasteiger partial charge in [0.2, 0.25) is 5.91 Å². The summed E-state index contributed by atoms with van der Waals surface area (Å²) in [6.07, 6.45) is 3.56. The molecular formula is C26H29FN6OS. The van der Waals surface area contributed by atoms with Crippen LogP contribution in [0.1, 0.15) is 42.0 Å². The van der Waals surface area contributed by atoms with Gasteiger partial charge in [-0.25, -0.2) is 9.37 Å². The predicted octanol–water partition coefficient (Wildman–Crippen LogP) is 4.47. The van der Waals surface area contributed by atoms with E-state index in [1.54, 1.807) is 6.07 Å². The molecule has 1 aromatic carbocycles. The van der Waals surface area contributed by atoms with Crippen molar-refractivity contribution in [1.82, 2.24) is 9.88 Å². The normalized spacial score (nSPS) is 13.9. The molecule has 2 aromatic rings. The molecule has 0 atom stereocenters. The Morgan fingerprint density at radius 2 is 2.00 bits per heavy atom. The average molecular weight is 493 g/mol. The van der Waals surface area contributed by atoms with E-state index in [9.17, 15) is 19.7 Å². The van der Waals surface area contributed by atoms with Gasteiger partial charge in [-0.2, -0.15) is 10.5 Å². The van der Waals surface area contributed by atoms with Crippen LogP contribution in [0.25, 0.3) is 0 Å². The highest BCUT2D eigenvalue weighted by molar-refractivity contribution is 7.98. The van der Waals surface area contributed by atoms with Crippen molar-refractivity contribution in [3.05, 3.63) is 58.9 Å². The number of benzene rings is 1. The summed E-state index contributed by atoms with van der Waals surface area (Å²) in [7, 11) is 4.15. The number of aromatic nitrogens is 1. The van der Waals surface area contributed by atoms with E-state index in [0.29, 0.717) is 51.3 Å². The summed E-state index contributed by atoms with van der Waals surface area (Å²) in [4.78, 5) is 20.6. The number of anilines is 2. The second-order valence-corrected chi connectivity index (χ2v) is 9.49. The van der Waals surface area contributed by atoms with Crippen molar-refractivity contribution in [3.63, 3.8) is 0 Å². The molecule has 1 fully saturated rings. The van der Waals surface area contributed by atoms with Crippen LogP contribution in [-0.4, -0.2) is 49.0 Å². The Balaban J connectivity index is 1.89. The molecule has 1 N–H and O–H groups in total. The Morgan fingerprint density at radius 1 is 1.31 bits per heavy atom. The number of halogens is 1. The highest BCUT2D eigenvalue weighted by Gasteiger charge is 2.27. The predicted molar refractivity (Wildman–Crippen MR) is 137 cm³/mol. The molecule has 3 rings (SSSR count). The summed E-state index contributed by atoms with van der Waals surface area (Å²) in [5.41, 5.74) is 2.33. The third-order valence-corrected chi connectivity index (χ3v) is 7.22. The Labute approximate surface area is 210 Å². The molecule has 35 heavy (non-hydrogen) atoms. The van der Waals surface area contributed by atoms with Gasteiger partial charge in [0.05, 0.1) is 16.8 Å². The van der Waals surface area contributed by atoms with E-state index < -0.39 is 11.7 Å². The molecule has 0 radical (unpaired) electrons. The van der Waals surface area contributed by atoms with Crippen molar-refractivity contribution in [2.75, 3.05) is 37.4 Å². The third kappa shape index (κ3) is 6.00. The van der Waals surface area contributed by atoms with Gasteiger partial charge >= 0.3 is 0 Å². The molecule has 182 valence electrons. The maximum atomic E-state index is 14.5. The molecule has 0 bridgehead atoms. The van der Waals surface area contributed by atoms with E-state index in [4.69, 9.17) is 4.98 Å². The highest BCUT2D eigenvalue weighted by Crippen LogP contribution is 2.35. The monoisotopic (exact) mass is 492 g/mol. The van der Waals surface area contributed by atoms with Crippen LogP contribution >= 0.6 is 11.8 Å². The zero-order valence-electron chi connectivity index (χ0n) is 20.3. The minimum Gasteiger partial charge on any atom is -0.355 e. The summed E-state index contributed by atoms with van der Waals surface area (Å²) in [5.74, 6) is -0.0337. The molecule has 0 aliphatic carbocycles. The van der Waals surface area contributed by atoms with Gasteiger partial charge in [0.1, 0.15) is 28.8 Å². The van der Waals surface area contributed by atoms with Crippen LogP contribution in [0.4, 0.5) is 15.9 Å². The lowest BCUT2D eigenvalue weighted by atomic mass is 9.99. The molecular weight excluding hydrogens is 463 g/mol. The first kappa shape index (κ1) is 26.2. The van der Waals surface area contributed by atoms with Crippen molar-refractivity contribution < 1.29 is 9.18 Å². The maximum absolute atomic E-state index is 14.5. The first-order valence-electron chi connectivity index (χ1n) is 11.5. The second kappa shape index (κ2) is 11.8. The number of carbonyl (C=O) groups excluding carboxylic acids is 1. The van der Waals surface area contributed by atoms with Crippen molar-refractivity contribution in [2.45, 2.75) is 43.0 Å². The highest BCUT2D eigenvalue weighted by atomic mass is 32.2. The third-order valence-electron chi connectivity index (χ3n) is 6.17. The number of nitriles is 2. The van der Waals surface area contributed by atoms with Gasteiger partial charge in [-0.15, -0.1) is 11.8 Å². The number of nitrogens with one attached hydrogen (secondary N) is 1. The molecule has 2 heterocycles. The lowest BCUT2D eigenvalue weighted by Crippen LogP contribution is -2.42. The number of rotatable bonds is 8. The maximum Gasteiger partial charge on any atom is 0.247 e. The largest absolute Gasteiger partial charge is 0.355 e. The number of thioether (sulfide) groups is 1. The zero-order chi connectivity index (χ0) is 25.5. The lowest BCUT2D eigenvalue weighted by Gasteiger charge is -2.36. The molecule has 1 aliphatic rings. The Morgan fingerprint density at radius 3 is 2.54 bits per heavy atom. The van der Waals surface area contributed by atoms with Gasteiger partial charge in [-0.3, -0.25) is 4.79 Å². The minimum absolute atomic E-state index is 0.0783. The number of nitrogens with zero attached hydrogens (tertiary/aromatic N) is 5. The van der Waals surface area contributed by atoms with Crippen molar-refractivity contribution in [1.29, 1.82) is 10.5 Å². The molecule has 7 nitrogen and oxygen atoms in total. The second-order valence-electron chi connectivity index (χ2n) is 8.52. The molecule has 1 aliphatic heterocycles. The van der Waals surface area contributed by atoms with Gasteiger partial charge in [-0.05, 0) is 62.7 Å². The Kier molecular flexibility index (Phi) is 8.86. The standard InChI is InChI=1S/C26H29FN6OS/c1-5-19-20(14-28)25(33-11-9-18(10-12-33)32(3)4)31-26(21(19)15-29)35-16-17-7-8-23(22(27)13-17)30-24(34)6-2/h6-8,13,18H,2,5,9-12,16H2,1,3-4H3,(H,30,34). The Bertz CT molecular complexity index is 1190. The van der Waals surface area contributed by atoms with E-state index in [2.05, 4.69) is 47.9 Å². The van der Waals surface area contributed by atoms with E-state index in [1.165, 1.54) is 23.9 Å². The number of hydrogen-bond donors (Lipinski definition) is 1. The fourth-order valence-corrected chi connectivity index (χ4v) is 5.14. The van der Waals surface area contributed by atoms with Crippen LogP contribution in [-0.2, 0) is 17.0 Å². The summed E-state index contributed by atoms with van der Waals surface area (Å²) >= 11 is 1.34. The van der Waals surface area contributed by atoms with Crippen molar-refractivity contribution in [2.24, 2.45) is 0 Å². The van der Waals surface area contributed by atoms with Crippen LogP contribution < -0.4 is 10.2 Å².